The number of nitrogens with one attached hydrogen (secondary N) is 3. The molecule has 4 atom stereocenters. The lowest BCUT2D eigenvalue weighted by atomic mass is 9.78. The molecule has 2 unspecified atom stereocenters. The van der Waals surface area contributed by atoms with Gasteiger partial charge in [-0.2, -0.15) is 21.4 Å². The van der Waals surface area contributed by atoms with Gasteiger partial charge in [0, 0.05) is 131 Å². The quantitative estimate of drug-likeness (QED) is 0.0176. The summed E-state index contributed by atoms with van der Waals surface area (Å²) in [7, 11) is -8.34. The minimum atomic E-state index is -4.17. The first kappa shape index (κ1) is 78.5. The molecule has 1 fully saturated rings. The molecule has 13 rings (SSSR count). The third kappa shape index (κ3) is 16.0. The van der Waals surface area contributed by atoms with E-state index in [1.165, 1.54) is 6.42 Å². The monoisotopic (exact) mass is 1530 g/mol. The number of halogens is 1. The van der Waals surface area contributed by atoms with E-state index in [0.717, 1.165) is 177 Å². The molecular formula is C88H104ClN8O10S2+. The third-order valence-electron chi connectivity index (χ3n) is 23.6. The van der Waals surface area contributed by atoms with Crippen LogP contribution in [-0.4, -0.2) is 121 Å². The van der Waals surface area contributed by atoms with Gasteiger partial charge < -0.3 is 30.7 Å². The fraction of sp³-hybridized carbons (Fsp3) is 0.432. The Hall–Kier alpha value is -8.63. The number of amides is 2. The minimum Gasteiger partial charge on any atom is -0.511 e. The summed E-state index contributed by atoms with van der Waals surface area (Å²) in [5.41, 5.74) is 20.1. The molecule has 4 aromatic carbocycles. The number of hydrogen-bond donors (Lipinski definition) is 6. The first-order valence-electron chi connectivity index (χ1n) is 39.0. The lowest BCUT2D eigenvalue weighted by Crippen LogP contribution is -2.38. The maximum Gasteiger partial charge on any atom is 0.264 e. The number of carbonyl (C=O) groups excluding carboxylic acids is 2. The van der Waals surface area contributed by atoms with Gasteiger partial charge in [0.15, 0.2) is 5.71 Å². The van der Waals surface area contributed by atoms with Crippen molar-refractivity contribution in [3.05, 3.63) is 222 Å². The number of allylic oxidation sites excluding steroid dienone is 19. The van der Waals surface area contributed by atoms with Crippen molar-refractivity contribution in [1.82, 2.24) is 16.0 Å². The summed E-state index contributed by atoms with van der Waals surface area (Å²) in [6, 6.07) is 25.0. The highest BCUT2D eigenvalue weighted by Crippen LogP contribution is 2.53. The van der Waals surface area contributed by atoms with Gasteiger partial charge in [-0.25, -0.2) is 15.0 Å². The highest BCUT2D eigenvalue weighted by molar-refractivity contribution is 7.86. The van der Waals surface area contributed by atoms with Gasteiger partial charge in [-0.05, 0) is 190 Å². The van der Waals surface area contributed by atoms with Crippen LogP contribution in [0.4, 0.5) is 11.4 Å². The number of carbonyl (C=O) groups is 2. The number of anilines is 1. The summed E-state index contributed by atoms with van der Waals surface area (Å²) in [6.45, 7) is 25.6. The molecule has 9 aliphatic rings. The molecule has 0 aromatic heterocycles. The maximum absolute atomic E-state index is 15.0. The Kier molecular flexibility index (Phi) is 23.0. The average molecular weight is 1530 g/mol. The van der Waals surface area contributed by atoms with Crippen LogP contribution in [-0.2, 0) is 45.4 Å². The average Bonchev–Trinajstić information content (AvgIpc) is 1.59. The molecule has 574 valence electrons. The fourth-order valence-corrected chi connectivity index (χ4v) is 19.3. The summed E-state index contributed by atoms with van der Waals surface area (Å²) in [4.78, 5) is 47.4. The Balaban J connectivity index is 0.771. The molecule has 21 heteroatoms. The second kappa shape index (κ2) is 32.0. The van der Waals surface area contributed by atoms with Crippen molar-refractivity contribution in [2.45, 2.75) is 183 Å². The number of fused-ring (bicyclic) bond motifs is 11. The van der Waals surface area contributed by atoms with Gasteiger partial charge >= 0.3 is 0 Å². The SMILES string of the molecule is CCCCCCOC(C)C1=C(C)C2=NC1=CC1=NC(=CC3=C(C)C4=C(O)CC(=C5NC(=C2)[C@@H](C)[C@@H]5CCC(=O)NCCNC(=O)C2CC(=CC=C5N(CCCCS(=O)(=O)O)c6ccc7ccccc7c6C5(C)C)C(Cl)=C(C=CC5=[N+](CCCCS(=O)(=O)O)c6ccc7ccccc7c6C5(C)C)C2)C4=N3)C(CC)=C1C. The highest BCUT2D eigenvalue weighted by atomic mass is 35.5. The normalized spacial score (nSPS) is 21.9. The van der Waals surface area contributed by atoms with E-state index in [1.54, 1.807) is 0 Å². The van der Waals surface area contributed by atoms with E-state index in [2.05, 4.69) is 174 Å². The Bertz CT molecular complexity index is 5250. The first-order chi connectivity index (χ1) is 52.0. The Labute approximate surface area is 647 Å². The minimum absolute atomic E-state index is 0.0888. The lowest BCUT2D eigenvalue weighted by Gasteiger charge is -2.28. The molecular weight excluding hydrogens is 1430 g/mol. The van der Waals surface area contributed by atoms with Gasteiger partial charge in [-0.3, -0.25) is 18.7 Å². The van der Waals surface area contributed by atoms with Gasteiger partial charge in [0.05, 0.1) is 57.3 Å². The van der Waals surface area contributed by atoms with Gasteiger partial charge in [0.1, 0.15) is 12.3 Å². The van der Waals surface area contributed by atoms with Crippen LogP contribution in [0.5, 0.6) is 0 Å². The van der Waals surface area contributed by atoms with Crippen molar-refractivity contribution < 1.29 is 49.9 Å². The lowest BCUT2D eigenvalue weighted by molar-refractivity contribution is -0.438. The largest absolute Gasteiger partial charge is 0.511 e. The molecule has 1 saturated heterocycles. The van der Waals surface area contributed by atoms with Crippen LogP contribution in [0.1, 0.15) is 177 Å². The van der Waals surface area contributed by atoms with Gasteiger partial charge in [-0.1, -0.05) is 132 Å². The molecule has 8 bridgehead atoms. The summed E-state index contributed by atoms with van der Waals surface area (Å²) >= 11 is 7.71. The van der Waals surface area contributed by atoms with E-state index in [1.807, 2.05) is 43.3 Å². The van der Waals surface area contributed by atoms with E-state index < -0.39 is 37.0 Å². The van der Waals surface area contributed by atoms with Gasteiger partial charge in [0.2, 0.25) is 17.5 Å². The van der Waals surface area contributed by atoms with E-state index in [0.29, 0.717) is 63.3 Å². The van der Waals surface area contributed by atoms with Crippen LogP contribution in [0.15, 0.2) is 225 Å². The van der Waals surface area contributed by atoms with Crippen molar-refractivity contribution in [2.75, 3.05) is 49.2 Å². The van der Waals surface area contributed by atoms with Crippen LogP contribution in [0, 0.1) is 17.8 Å². The molecule has 0 spiro atoms. The van der Waals surface area contributed by atoms with Crippen molar-refractivity contribution in [2.24, 2.45) is 32.7 Å². The van der Waals surface area contributed by atoms with Gasteiger partial charge in [-0.15, -0.1) is 0 Å². The Morgan fingerprint density at radius 2 is 1.44 bits per heavy atom. The highest BCUT2D eigenvalue weighted by Gasteiger charge is 2.47. The molecule has 109 heavy (non-hydrogen) atoms. The molecule has 4 aromatic rings. The second-order valence-corrected chi connectivity index (χ2v) is 35.1. The first-order valence-corrected chi connectivity index (χ1v) is 42.6. The number of nitrogens with zero attached hydrogens (tertiary/aromatic N) is 5. The van der Waals surface area contributed by atoms with Crippen LogP contribution in [0.25, 0.3) is 21.5 Å². The maximum atomic E-state index is 15.0. The number of hydrogen-bond acceptors (Lipinski definition) is 13. The van der Waals surface area contributed by atoms with Gasteiger partial charge in [0.25, 0.3) is 20.2 Å². The van der Waals surface area contributed by atoms with Crippen molar-refractivity contribution >= 4 is 99.4 Å². The Morgan fingerprint density at radius 1 is 0.761 bits per heavy atom. The molecule has 7 heterocycles. The van der Waals surface area contributed by atoms with Crippen LogP contribution in [0.3, 0.4) is 0 Å². The Morgan fingerprint density at radius 3 is 2.16 bits per heavy atom. The zero-order valence-corrected chi connectivity index (χ0v) is 67.1. The second-order valence-electron chi connectivity index (χ2n) is 31.6. The van der Waals surface area contributed by atoms with E-state index in [9.17, 15) is 40.6 Å². The van der Waals surface area contributed by atoms with Crippen molar-refractivity contribution in [1.29, 1.82) is 0 Å². The summed E-state index contributed by atoms with van der Waals surface area (Å²) in [5, 5.41) is 26.9. The van der Waals surface area contributed by atoms with Crippen molar-refractivity contribution in [3.63, 3.8) is 0 Å². The van der Waals surface area contributed by atoms with E-state index in [-0.39, 0.29) is 79.4 Å². The van der Waals surface area contributed by atoms with E-state index >= 15 is 0 Å². The number of aliphatic hydroxyl groups is 1. The molecule has 2 aliphatic carbocycles. The van der Waals surface area contributed by atoms with Crippen LogP contribution in [0.2, 0.25) is 0 Å². The van der Waals surface area contributed by atoms with E-state index in [4.69, 9.17) is 31.3 Å². The standard InChI is InChI=1S/C88H103ClN8O10S2/c1-12-14-15-22-43-107-56(7)79-54(5)69-49-68-53(4)63(84(94-68)66-48-75(98)80-55(6)70(95-85(66)80)50-71-62(13-2)52(3)67(92-71)51-72(79)93-69)33-38-78(99)90-39-40-91-86(100)61-46-59(31-36-76-87(8,9)81-64-27-18-16-25-57(64)29-34-73(81)96(76)41-20-23-44-108(101,102)103)83(89)60(47-61)32-37-77-88(10,11)82-65-28-19-17-26-58(65)30-35-74(82)97(77)42-21-24-45-109(104,105)106/h16-19,25-32,34-37,49-51,53,56,61,63H,12-15,20-24,33,38-48H2,1-11H3,(H5-,90,91,92,93,94,95,98,99,100,101,102,103,104,105,106)/p+1/t53-,56?,63-/m0/s1. The zero-order chi connectivity index (χ0) is 77.6. The molecule has 6 N–H and O–H groups in total. The molecule has 2 amide bonds. The predicted molar refractivity (Wildman–Crippen MR) is 440 cm³/mol. The molecule has 0 saturated carbocycles. The number of ether oxygens (including phenoxy) is 1. The number of aliphatic hydroxyl groups excluding tert-OH is 1. The van der Waals surface area contributed by atoms with Crippen LogP contribution >= 0.6 is 11.6 Å². The summed E-state index contributed by atoms with van der Waals surface area (Å²) in [6.07, 6.45) is 22.5. The van der Waals surface area contributed by atoms with Crippen molar-refractivity contribution in [3.8, 4) is 0 Å². The summed E-state index contributed by atoms with van der Waals surface area (Å²) < 4.78 is 75.9. The molecule has 7 aliphatic heterocycles. The number of benzene rings is 4. The predicted octanol–water partition coefficient (Wildman–Crippen LogP) is 17.4. The topological polar surface area (TPSA) is 252 Å². The summed E-state index contributed by atoms with van der Waals surface area (Å²) in [5.74, 6) is -1.66. The third-order valence-corrected chi connectivity index (χ3v) is 25.7. The number of unbranched alkanes of at least 4 members (excludes halogenated alkanes) is 5. The number of rotatable bonds is 28. The fourth-order valence-electron chi connectivity index (χ4n) is 17.9. The van der Waals surface area contributed by atoms with Crippen LogP contribution < -0.4 is 20.9 Å². The smallest absolute Gasteiger partial charge is 0.264 e. The molecule has 0 radical (unpaired) electrons. The number of aliphatic imine (C=N–C) groups is 3. The molecule has 18 nitrogen and oxygen atoms in total. The zero-order valence-electron chi connectivity index (χ0n) is 64.8.